The quantitative estimate of drug-likeness (QED) is 0.701. The SMILES string of the molecule is CC(C)CCNC(=O)C(C)NC(C)C(C)C. The van der Waals surface area contributed by atoms with E-state index in [0.29, 0.717) is 17.9 Å². The van der Waals surface area contributed by atoms with Gasteiger partial charge in [0.05, 0.1) is 6.04 Å². The van der Waals surface area contributed by atoms with Gasteiger partial charge in [-0.2, -0.15) is 0 Å². The molecule has 0 bridgehead atoms. The molecule has 0 aromatic carbocycles. The third-order valence-electron chi connectivity index (χ3n) is 2.93. The van der Waals surface area contributed by atoms with Crippen molar-refractivity contribution in [3.63, 3.8) is 0 Å². The van der Waals surface area contributed by atoms with Crippen LogP contribution in [0.15, 0.2) is 0 Å². The van der Waals surface area contributed by atoms with Crippen LogP contribution >= 0.6 is 0 Å². The minimum Gasteiger partial charge on any atom is -0.355 e. The minimum atomic E-state index is -0.107. The molecule has 1 amide bonds. The van der Waals surface area contributed by atoms with Crippen molar-refractivity contribution in [3.05, 3.63) is 0 Å². The molecule has 0 heterocycles. The van der Waals surface area contributed by atoms with Gasteiger partial charge in [0.25, 0.3) is 0 Å². The predicted molar refractivity (Wildman–Crippen MR) is 69.4 cm³/mol. The molecule has 0 aliphatic heterocycles. The summed E-state index contributed by atoms with van der Waals surface area (Å²) in [5, 5.41) is 6.26. The van der Waals surface area contributed by atoms with E-state index < -0.39 is 0 Å². The van der Waals surface area contributed by atoms with Crippen molar-refractivity contribution >= 4 is 5.91 Å². The van der Waals surface area contributed by atoms with Gasteiger partial charge in [0.15, 0.2) is 0 Å². The second-order valence-electron chi connectivity index (χ2n) is 5.39. The molecule has 3 heteroatoms. The highest BCUT2D eigenvalue weighted by Gasteiger charge is 2.16. The molecule has 0 aromatic heterocycles. The molecule has 16 heavy (non-hydrogen) atoms. The van der Waals surface area contributed by atoms with Crippen molar-refractivity contribution < 1.29 is 4.79 Å². The second-order valence-corrected chi connectivity index (χ2v) is 5.39. The highest BCUT2D eigenvalue weighted by molar-refractivity contribution is 5.81. The van der Waals surface area contributed by atoms with Gasteiger partial charge in [-0.1, -0.05) is 27.7 Å². The Morgan fingerprint density at radius 3 is 2.06 bits per heavy atom. The molecule has 0 aliphatic rings. The van der Waals surface area contributed by atoms with E-state index in [-0.39, 0.29) is 11.9 Å². The van der Waals surface area contributed by atoms with Crippen LogP contribution in [0.3, 0.4) is 0 Å². The van der Waals surface area contributed by atoms with Gasteiger partial charge >= 0.3 is 0 Å². The highest BCUT2D eigenvalue weighted by atomic mass is 16.2. The highest BCUT2D eigenvalue weighted by Crippen LogP contribution is 2.01. The summed E-state index contributed by atoms with van der Waals surface area (Å²) < 4.78 is 0. The van der Waals surface area contributed by atoms with Gasteiger partial charge in [-0.25, -0.2) is 0 Å². The van der Waals surface area contributed by atoms with E-state index in [2.05, 4.69) is 45.3 Å². The molecule has 0 aromatic rings. The van der Waals surface area contributed by atoms with Crippen LogP contribution < -0.4 is 10.6 Å². The first kappa shape index (κ1) is 15.4. The lowest BCUT2D eigenvalue weighted by atomic mass is 10.1. The van der Waals surface area contributed by atoms with E-state index >= 15 is 0 Å². The Balaban J connectivity index is 3.81. The van der Waals surface area contributed by atoms with Crippen LogP contribution in [-0.4, -0.2) is 24.5 Å². The van der Waals surface area contributed by atoms with Gasteiger partial charge in [0.2, 0.25) is 5.91 Å². The normalized spacial score (nSPS) is 15.2. The third-order valence-corrected chi connectivity index (χ3v) is 2.93. The Kier molecular flexibility index (Phi) is 7.39. The van der Waals surface area contributed by atoms with Crippen molar-refractivity contribution in [2.45, 2.75) is 60.0 Å². The fourth-order valence-corrected chi connectivity index (χ4v) is 1.30. The topological polar surface area (TPSA) is 41.1 Å². The van der Waals surface area contributed by atoms with E-state index in [1.165, 1.54) is 0 Å². The molecule has 3 nitrogen and oxygen atoms in total. The van der Waals surface area contributed by atoms with Crippen LogP contribution in [0.1, 0.15) is 48.0 Å². The lowest BCUT2D eigenvalue weighted by Crippen LogP contribution is -2.47. The molecular weight excluding hydrogens is 200 g/mol. The third kappa shape index (κ3) is 6.83. The predicted octanol–water partition coefficient (Wildman–Crippen LogP) is 2.17. The summed E-state index contributed by atoms with van der Waals surface area (Å²) in [6, 6.07) is 0.260. The molecule has 0 rings (SSSR count). The van der Waals surface area contributed by atoms with Crippen LogP contribution in [0.4, 0.5) is 0 Å². The first-order valence-electron chi connectivity index (χ1n) is 6.38. The Hall–Kier alpha value is -0.570. The largest absolute Gasteiger partial charge is 0.355 e. The molecule has 2 unspecified atom stereocenters. The van der Waals surface area contributed by atoms with Crippen molar-refractivity contribution in [1.29, 1.82) is 0 Å². The Bertz CT molecular complexity index is 202. The van der Waals surface area contributed by atoms with Gasteiger partial charge in [-0.05, 0) is 32.1 Å². The average Bonchev–Trinajstić information content (AvgIpc) is 2.16. The van der Waals surface area contributed by atoms with Gasteiger partial charge in [0.1, 0.15) is 0 Å². The maximum absolute atomic E-state index is 11.7. The zero-order valence-corrected chi connectivity index (χ0v) is 11.6. The zero-order valence-electron chi connectivity index (χ0n) is 11.6. The van der Waals surface area contributed by atoms with Crippen molar-refractivity contribution in [1.82, 2.24) is 10.6 Å². The Labute approximate surface area is 100 Å². The molecule has 2 N–H and O–H groups in total. The fourth-order valence-electron chi connectivity index (χ4n) is 1.30. The van der Waals surface area contributed by atoms with Crippen molar-refractivity contribution in [2.24, 2.45) is 11.8 Å². The van der Waals surface area contributed by atoms with E-state index in [9.17, 15) is 4.79 Å². The van der Waals surface area contributed by atoms with Crippen LogP contribution in [0.2, 0.25) is 0 Å². The number of carbonyl (C=O) groups excluding carboxylic acids is 1. The molecule has 0 radical (unpaired) electrons. The van der Waals surface area contributed by atoms with Gasteiger partial charge in [0, 0.05) is 12.6 Å². The maximum Gasteiger partial charge on any atom is 0.236 e. The first-order valence-corrected chi connectivity index (χ1v) is 6.38. The van der Waals surface area contributed by atoms with Gasteiger partial charge in [-0.3, -0.25) is 4.79 Å². The Morgan fingerprint density at radius 1 is 1.06 bits per heavy atom. The van der Waals surface area contributed by atoms with Crippen LogP contribution in [0, 0.1) is 11.8 Å². The number of hydrogen-bond donors (Lipinski definition) is 2. The zero-order chi connectivity index (χ0) is 12.7. The molecule has 96 valence electrons. The van der Waals surface area contributed by atoms with Crippen LogP contribution in [0.25, 0.3) is 0 Å². The number of hydrogen-bond acceptors (Lipinski definition) is 2. The smallest absolute Gasteiger partial charge is 0.236 e. The number of carbonyl (C=O) groups is 1. The molecule has 0 saturated carbocycles. The van der Waals surface area contributed by atoms with Gasteiger partial charge < -0.3 is 10.6 Å². The summed E-state index contributed by atoms with van der Waals surface area (Å²) in [7, 11) is 0. The molecule has 0 fully saturated rings. The van der Waals surface area contributed by atoms with Crippen molar-refractivity contribution in [3.8, 4) is 0 Å². The summed E-state index contributed by atoms with van der Waals surface area (Å²) in [6.45, 7) is 13.4. The summed E-state index contributed by atoms with van der Waals surface area (Å²) in [6.07, 6.45) is 1.04. The maximum atomic E-state index is 11.7. The lowest BCUT2D eigenvalue weighted by Gasteiger charge is -2.22. The van der Waals surface area contributed by atoms with Crippen LogP contribution in [0.5, 0.6) is 0 Å². The fraction of sp³-hybridized carbons (Fsp3) is 0.923. The summed E-state index contributed by atoms with van der Waals surface area (Å²) in [5.41, 5.74) is 0. The molecule has 0 saturated heterocycles. The summed E-state index contributed by atoms with van der Waals surface area (Å²) >= 11 is 0. The minimum absolute atomic E-state index is 0.105. The van der Waals surface area contributed by atoms with E-state index in [1.807, 2.05) is 6.92 Å². The molecule has 0 spiro atoms. The van der Waals surface area contributed by atoms with E-state index in [4.69, 9.17) is 0 Å². The number of nitrogens with one attached hydrogen (secondary N) is 2. The average molecular weight is 228 g/mol. The number of rotatable bonds is 7. The molecule has 2 atom stereocenters. The summed E-state index contributed by atoms with van der Waals surface area (Å²) in [5.74, 6) is 1.29. The second kappa shape index (κ2) is 7.66. The van der Waals surface area contributed by atoms with E-state index in [1.54, 1.807) is 0 Å². The Morgan fingerprint density at radius 2 is 1.62 bits per heavy atom. The van der Waals surface area contributed by atoms with E-state index in [0.717, 1.165) is 13.0 Å². The molecular formula is C13H28N2O. The first-order chi connectivity index (χ1) is 7.34. The summed E-state index contributed by atoms with van der Waals surface area (Å²) in [4.78, 5) is 11.7. The van der Waals surface area contributed by atoms with Crippen molar-refractivity contribution in [2.75, 3.05) is 6.54 Å². The van der Waals surface area contributed by atoms with Gasteiger partial charge in [-0.15, -0.1) is 0 Å². The molecule has 0 aliphatic carbocycles. The monoisotopic (exact) mass is 228 g/mol. The standard InChI is InChI=1S/C13H28N2O/c1-9(2)7-8-14-13(16)12(6)15-11(5)10(3)4/h9-12,15H,7-8H2,1-6H3,(H,14,16). The number of amides is 1. The van der Waals surface area contributed by atoms with Crippen LogP contribution in [-0.2, 0) is 4.79 Å². The lowest BCUT2D eigenvalue weighted by molar-refractivity contribution is -0.123.